The van der Waals surface area contributed by atoms with Gasteiger partial charge in [-0.2, -0.15) is 0 Å². The second-order valence-electron chi connectivity index (χ2n) is 10.4. The molecule has 172 valence electrons. The van der Waals surface area contributed by atoms with Crippen LogP contribution in [0.3, 0.4) is 0 Å². The lowest BCUT2D eigenvalue weighted by Gasteiger charge is -2.44. The van der Waals surface area contributed by atoms with Gasteiger partial charge in [0.25, 0.3) is 0 Å². The van der Waals surface area contributed by atoms with Crippen LogP contribution in [0, 0.1) is 23.2 Å². The molecule has 3 fully saturated rings. The van der Waals surface area contributed by atoms with Crippen molar-refractivity contribution in [2.45, 2.75) is 84.3 Å². The Morgan fingerprint density at radius 2 is 1.87 bits per heavy atom. The van der Waals surface area contributed by atoms with Crippen molar-refractivity contribution in [1.29, 1.82) is 0 Å². The Bertz CT molecular complexity index is 765. The monoisotopic (exact) mass is 427 g/mol. The number of nitrogens with one attached hydrogen (secondary N) is 1. The Morgan fingerprint density at radius 1 is 1.16 bits per heavy atom. The third-order valence-electron chi connectivity index (χ3n) is 7.96. The van der Waals surface area contributed by atoms with Crippen LogP contribution in [0.1, 0.15) is 72.1 Å². The van der Waals surface area contributed by atoms with Gasteiger partial charge in [-0.3, -0.25) is 10.7 Å². The molecular formula is C27H41NO3. The fourth-order valence-electron chi connectivity index (χ4n) is 6.53. The summed E-state index contributed by atoms with van der Waals surface area (Å²) >= 11 is 0. The zero-order chi connectivity index (χ0) is 22.6. The van der Waals surface area contributed by atoms with Crippen LogP contribution in [0.15, 0.2) is 59.4 Å². The summed E-state index contributed by atoms with van der Waals surface area (Å²) in [7, 11) is 0. The Kier molecular flexibility index (Phi) is 8.01. The highest BCUT2D eigenvalue weighted by molar-refractivity contribution is 5.28. The summed E-state index contributed by atoms with van der Waals surface area (Å²) in [4.78, 5) is 0. The van der Waals surface area contributed by atoms with Crippen LogP contribution < -0.4 is 5.48 Å². The summed E-state index contributed by atoms with van der Waals surface area (Å²) in [5, 5.41) is 28.8. The van der Waals surface area contributed by atoms with Crippen molar-refractivity contribution in [3.63, 3.8) is 0 Å². The highest BCUT2D eigenvalue weighted by Gasteiger charge is 2.50. The van der Waals surface area contributed by atoms with Gasteiger partial charge in [-0.05, 0) is 87.5 Å². The quantitative estimate of drug-likeness (QED) is 0.329. The average molecular weight is 428 g/mol. The van der Waals surface area contributed by atoms with Gasteiger partial charge in [0.2, 0.25) is 0 Å². The van der Waals surface area contributed by atoms with Crippen LogP contribution in [-0.4, -0.2) is 27.6 Å². The van der Waals surface area contributed by atoms with Gasteiger partial charge in [0.05, 0.1) is 17.9 Å². The fraction of sp³-hybridized carbons (Fsp3) is 0.630. The molecule has 4 nitrogen and oxygen atoms in total. The number of fused-ring (bicyclic) bond motifs is 1. The van der Waals surface area contributed by atoms with E-state index in [4.69, 9.17) is 5.21 Å². The molecule has 0 bridgehead atoms. The summed E-state index contributed by atoms with van der Waals surface area (Å²) in [6, 6.07) is 0. The van der Waals surface area contributed by atoms with Crippen molar-refractivity contribution >= 4 is 0 Å². The van der Waals surface area contributed by atoms with Gasteiger partial charge in [-0.1, -0.05) is 61.4 Å². The van der Waals surface area contributed by atoms with Crippen molar-refractivity contribution in [2.75, 3.05) is 0 Å². The van der Waals surface area contributed by atoms with Crippen LogP contribution in [0.4, 0.5) is 0 Å². The number of hydrogen-bond donors (Lipinski definition) is 4. The number of hydrogen-bond acceptors (Lipinski definition) is 4. The molecule has 3 aliphatic rings. The smallest absolute Gasteiger partial charge is 0.0602 e. The predicted molar refractivity (Wildman–Crippen MR) is 126 cm³/mol. The van der Waals surface area contributed by atoms with E-state index in [1.165, 1.54) is 43.3 Å². The maximum absolute atomic E-state index is 9.98. The number of allylic oxidation sites excluding steroid dienone is 7. The second-order valence-corrected chi connectivity index (χ2v) is 10.4. The first kappa shape index (κ1) is 24.0. The Labute approximate surface area is 188 Å². The van der Waals surface area contributed by atoms with Crippen molar-refractivity contribution in [3.8, 4) is 0 Å². The molecule has 0 aliphatic heterocycles. The number of aliphatic hydroxyl groups excluding tert-OH is 2. The molecule has 0 spiro atoms. The highest BCUT2D eigenvalue weighted by Crippen LogP contribution is 2.59. The van der Waals surface area contributed by atoms with Gasteiger partial charge >= 0.3 is 0 Å². The third kappa shape index (κ3) is 5.79. The van der Waals surface area contributed by atoms with E-state index in [0.29, 0.717) is 48.1 Å². The molecule has 0 radical (unpaired) electrons. The molecule has 0 saturated heterocycles. The van der Waals surface area contributed by atoms with Crippen molar-refractivity contribution in [1.82, 2.24) is 5.48 Å². The minimum atomic E-state index is -0.406. The molecule has 0 aromatic carbocycles. The molecule has 3 saturated carbocycles. The molecule has 6 atom stereocenters. The molecule has 4 heteroatoms. The zero-order valence-electron chi connectivity index (χ0n) is 19.5. The van der Waals surface area contributed by atoms with Crippen LogP contribution in [0.2, 0.25) is 0 Å². The first-order valence-corrected chi connectivity index (χ1v) is 11.9. The first-order valence-electron chi connectivity index (χ1n) is 11.9. The average Bonchev–Trinajstić information content (AvgIpc) is 3.07. The van der Waals surface area contributed by atoms with E-state index in [2.05, 4.69) is 51.1 Å². The Morgan fingerprint density at radius 3 is 2.55 bits per heavy atom. The van der Waals surface area contributed by atoms with Gasteiger partial charge in [0, 0.05) is 0 Å². The predicted octanol–water partition coefficient (Wildman–Crippen LogP) is 5.59. The lowest BCUT2D eigenvalue weighted by Crippen LogP contribution is -2.35. The highest BCUT2D eigenvalue weighted by atomic mass is 16.5. The van der Waals surface area contributed by atoms with Gasteiger partial charge in [0.1, 0.15) is 0 Å². The van der Waals surface area contributed by atoms with Crippen molar-refractivity contribution < 1.29 is 15.4 Å². The second kappa shape index (κ2) is 10.3. The molecule has 31 heavy (non-hydrogen) atoms. The molecule has 0 heterocycles. The lowest BCUT2D eigenvalue weighted by molar-refractivity contribution is 0.0609. The first-order chi connectivity index (χ1) is 14.7. The maximum atomic E-state index is 9.98. The number of hydroxylamine groups is 1. The summed E-state index contributed by atoms with van der Waals surface area (Å²) in [6.45, 7) is 10.7. The van der Waals surface area contributed by atoms with E-state index in [9.17, 15) is 10.2 Å². The normalized spacial score (nSPS) is 36.5. The largest absolute Gasteiger partial charge is 0.393 e. The minimum Gasteiger partial charge on any atom is -0.393 e. The van der Waals surface area contributed by atoms with Crippen LogP contribution in [-0.2, 0) is 0 Å². The summed E-state index contributed by atoms with van der Waals surface area (Å²) < 4.78 is 0. The molecule has 0 amide bonds. The molecule has 3 aliphatic carbocycles. The van der Waals surface area contributed by atoms with Gasteiger partial charge in [-0.15, -0.1) is 0 Å². The standard InChI is InChI=1S/C27H41NO3/c1-18(7-8-20(3)28-31)14-19(2)25-11-12-26-22(6-5-13-27(25,26)4)10-9-21-15-23(29)17-24(30)16-21/h7-10,14,19,23-26,28-31H,3,5-6,11-13,15-17H2,1-2,4H3/b8-7+,18-14+,22-10+/t19-,23-,24-,25?,26?,27-/m1/s1. The van der Waals surface area contributed by atoms with Crippen molar-refractivity contribution in [3.05, 3.63) is 59.4 Å². The zero-order valence-corrected chi connectivity index (χ0v) is 19.5. The number of aliphatic hydroxyl groups is 2. The van der Waals surface area contributed by atoms with Crippen LogP contribution in [0.5, 0.6) is 0 Å². The lowest BCUT2D eigenvalue weighted by atomic mass is 9.61. The minimum absolute atomic E-state index is 0.324. The maximum Gasteiger partial charge on any atom is 0.0602 e. The van der Waals surface area contributed by atoms with Gasteiger partial charge in [0.15, 0.2) is 0 Å². The summed E-state index contributed by atoms with van der Waals surface area (Å²) in [5.41, 5.74) is 6.82. The summed E-state index contributed by atoms with van der Waals surface area (Å²) in [6.07, 6.45) is 18.0. The molecule has 3 rings (SSSR count). The van der Waals surface area contributed by atoms with E-state index in [1.807, 2.05) is 6.08 Å². The van der Waals surface area contributed by atoms with E-state index in [0.717, 1.165) is 0 Å². The fourth-order valence-corrected chi connectivity index (χ4v) is 6.53. The molecular weight excluding hydrogens is 386 g/mol. The third-order valence-corrected chi connectivity index (χ3v) is 7.96. The number of rotatable bonds is 6. The molecule has 4 N–H and O–H groups in total. The summed E-state index contributed by atoms with van der Waals surface area (Å²) in [5.74, 6) is 1.79. The van der Waals surface area contributed by atoms with E-state index < -0.39 is 12.2 Å². The van der Waals surface area contributed by atoms with Gasteiger partial charge < -0.3 is 10.2 Å². The molecule has 0 aromatic rings. The Hall–Kier alpha value is -1.62. The molecule has 0 aromatic heterocycles. The topological polar surface area (TPSA) is 72.7 Å². The van der Waals surface area contributed by atoms with Crippen molar-refractivity contribution in [2.24, 2.45) is 23.2 Å². The van der Waals surface area contributed by atoms with E-state index >= 15 is 0 Å². The SMILES string of the molecule is C=C(/C=C/C(C)=C/[C@@H](C)C1CCC2/C(=C/C=C3C[C@@H](O)C[C@H](O)C3)CCC[C@@]21C)NO. The Balaban J connectivity index is 1.73. The van der Waals surface area contributed by atoms with Crippen LogP contribution in [0.25, 0.3) is 0 Å². The molecule has 2 unspecified atom stereocenters. The van der Waals surface area contributed by atoms with Gasteiger partial charge in [-0.25, -0.2) is 0 Å². The van der Waals surface area contributed by atoms with Crippen LogP contribution >= 0.6 is 0 Å². The van der Waals surface area contributed by atoms with E-state index in [-0.39, 0.29) is 0 Å². The van der Waals surface area contributed by atoms with E-state index in [1.54, 1.807) is 11.6 Å².